The number of carbonyl (C=O) groups is 2. The Bertz CT molecular complexity index is 1030. The third-order valence-electron chi connectivity index (χ3n) is 4.38. The highest BCUT2D eigenvalue weighted by Gasteiger charge is 2.24. The Balaban J connectivity index is 1.84. The van der Waals surface area contributed by atoms with Gasteiger partial charge >= 0.3 is 0 Å². The normalized spacial score (nSPS) is 13.2. The van der Waals surface area contributed by atoms with E-state index in [4.69, 9.17) is 5.84 Å². The molecule has 0 saturated carbocycles. The lowest BCUT2D eigenvalue weighted by atomic mass is 9.98. The molecule has 1 aliphatic rings. The summed E-state index contributed by atoms with van der Waals surface area (Å²) in [5.74, 6) is 4.70. The highest BCUT2D eigenvalue weighted by molar-refractivity contribution is 6.01. The number of hydrogen-bond acceptors (Lipinski definition) is 5. The van der Waals surface area contributed by atoms with Gasteiger partial charge in [0.1, 0.15) is 5.52 Å². The number of aromatic nitrogens is 2. The fourth-order valence-corrected chi connectivity index (χ4v) is 3.12. The van der Waals surface area contributed by atoms with Crippen LogP contribution in [0.2, 0.25) is 0 Å². The van der Waals surface area contributed by atoms with Crippen molar-refractivity contribution in [1.82, 2.24) is 20.5 Å². The Kier molecular flexibility index (Phi) is 3.43. The van der Waals surface area contributed by atoms with Crippen molar-refractivity contribution >= 4 is 22.7 Å². The number of hydrazine groups is 1. The molecule has 0 saturated heterocycles. The third kappa shape index (κ3) is 2.41. The van der Waals surface area contributed by atoms with Crippen molar-refractivity contribution in [2.75, 3.05) is 7.05 Å². The average Bonchev–Trinajstić information content (AvgIpc) is 2.93. The van der Waals surface area contributed by atoms with Gasteiger partial charge < -0.3 is 4.90 Å². The highest BCUT2D eigenvalue weighted by Crippen LogP contribution is 2.31. The van der Waals surface area contributed by atoms with Crippen molar-refractivity contribution in [3.8, 4) is 11.1 Å². The number of nitrogens with one attached hydrogen (secondary N) is 1. The molecule has 0 radical (unpaired) electrons. The number of nitrogens with two attached hydrogens (primary N) is 1. The molecule has 1 aliphatic heterocycles. The van der Waals surface area contributed by atoms with E-state index in [9.17, 15) is 9.59 Å². The molecule has 0 atom stereocenters. The number of fused-ring (bicyclic) bond motifs is 2. The molecule has 7 heteroatoms. The second-order valence-electron chi connectivity index (χ2n) is 5.98. The van der Waals surface area contributed by atoms with Crippen molar-refractivity contribution < 1.29 is 9.59 Å². The van der Waals surface area contributed by atoms with Gasteiger partial charge in [0, 0.05) is 30.1 Å². The molecule has 7 nitrogen and oxygen atoms in total. The monoisotopic (exact) mass is 333 g/mol. The van der Waals surface area contributed by atoms with Crippen LogP contribution in [0.4, 0.5) is 0 Å². The summed E-state index contributed by atoms with van der Waals surface area (Å²) in [5, 5.41) is 8.95. The van der Waals surface area contributed by atoms with Crippen LogP contribution in [0.5, 0.6) is 0 Å². The molecule has 2 amide bonds. The predicted molar refractivity (Wildman–Crippen MR) is 92.4 cm³/mol. The molecule has 124 valence electrons. The van der Waals surface area contributed by atoms with Gasteiger partial charge in [-0.3, -0.25) is 15.0 Å². The van der Waals surface area contributed by atoms with E-state index in [2.05, 4.69) is 15.6 Å². The molecule has 2 heterocycles. The summed E-state index contributed by atoms with van der Waals surface area (Å²) in [5.41, 5.74) is 6.48. The van der Waals surface area contributed by atoms with E-state index in [1.54, 1.807) is 18.0 Å². The lowest BCUT2D eigenvalue weighted by Crippen LogP contribution is -2.30. The number of amides is 2. The zero-order valence-corrected chi connectivity index (χ0v) is 13.5. The molecule has 4 rings (SSSR count). The van der Waals surface area contributed by atoms with E-state index in [1.165, 1.54) is 0 Å². The van der Waals surface area contributed by atoms with E-state index in [0.717, 1.165) is 27.6 Å². The number of rotatable bonds is 2. The summed E-state index contributed by atoms with van der Waals surface area (Å²) in [4.78, 5) is 25.4. The lowest BCUT2D eigenvalue weighted by molar-refractivity contribution is 0.0816. The molecule has 0 bridgehead atoms. The number of carbonyl (C=O) groups excluding carboxylic acids is 2. The minimum atomic E-state index is -0.487. The standard InChI is InChI=1S/C18H15N5O2/c1-23-9-12-7-10(5-6-14(12)18(23)25)13-4-2-3-11-8-15(17(24)20-19)21-22-16(11)13/h2-8H,9,19H2,1H3,(H,20,24). The van der Waals surface area contributed by atoms with E-state index in [-0.39, 0.29) is 11.6 Å². The quantitative estimate of drug-likeness (QED) is 0.420. The second kappa shape index (κ2) is 5.64. The topological polar surface area (TPSA) is 101 Å². The minimum Gasteiger partial charge on any atom is -0.337 e. The van der Waals surface area contributed by atoms with Crippen LogP contribution in [0.1, 0.15) is 26.4 Å². The first-order chi connectivity index (χ1) is 12.1. The fraction of sp³-hybridized carbons (Fsp3) is 0.111. The smallest absolute Gasteiger partial charge is 0.285 e. The van der Waals surface area contributed by atoms with Crippen molar-refractivity contribution in [3.63, 3.8) is 0 Å². The Morgan fingerprint density at radius 2 is 2.00 bits per heavy atom. The highest BCUT2D eigenvalue weighted by atomic mass is 16.2. The fourth-order valence-electron chi connectivity index (χ4n) is 3.12. The molecule has 1 aromatic heterocycles. The number of hydrogen-bond donors (Lipinski definition) is 2. The first-order valence-electron chi connectivity index (χ1n) is 7.74. The molecule has 3 aromatic rings. The van der Waals surface area contributed by atoms with E-state index in [0.29, 0.717) is 12.1 Å². The van der Waals surface area contributed by atoms with E-state index < -0.39 is 5.91 Å². The lowest BCUT2D eigenvalue weighted by Gasteiger charge is -2.08. The number of nitrogen functional groups attached to an aromatic ring is 1. The Morgan fingerprint density at radius 3 is 2.80 bits per heavy atom. The van der Waals surface area contributed by atoms with Gasteiger partial charge in [0.2, 0.25) is 0 Å². The molecular weight excluding hydrogens is 318 g/mol. The molecule has 25 heavy (non-hydrogen) atoms. The van der Waals surface area contributed by atoms with Gasteiger partial charge in [-0.1, -0.05) is 24.3 Å². The van der Waals surface area contributed by atoms with Crippen LogP contribution in [0.15, 0.2) is 42.5 Å². The largest absolute Gasteiger partial charge is 0.337 e. The maximum absolute atomic E-state index is 12.0. The van der Waals surface area contributed by atoms with Crippen molar-refractivity contribution in [2.45, 2.75) is 6.54 Å². The Morgan fingerprint density at radius 1 is 1.16 bits per heavy atom. The van der Waals surface area contributed by atoms with Gasteiger partial charge in [0.25, 0.3) is 11.8 Å². The summed E-state index contributed by atoms with van der Waals surface area (Å²) in [6, 6.07) is 13.1. The van der Waals surface area contributed by atoms with Crippen LogP contribution in [0, 0.1) is 0 Å². The van der Waals surface area contributed by atoms with Crippen LogP contribution in [-0.4, -0.2) is 34.0 Å². The molecule has 0 unspecified atom stereocenters. The minimum absolute atomic E-state index is 0.0386. The third-order valence-corrected chi connectivity index (χ3v) is 4.38. The maximum Gasteiger partial charge on any atom is 0.285 e. The van der Waals surface area contributed by atoms with Gasteiger partial charge in [-0.05, 0) is 29.3 Å². The van der Waals surface area contributed by atoms with Gasteiger partial charge in [-0.2, -0.15) is 0 Å². The summed E-state index contributed by atoms with van der Waals surface area (Å²) < 4.78 is 0. The Labute approximate surface area is 143 Å². The zero-order valence-electron chi connectivity index (χ0n) is 13.5. The summed E-state index contributed by atoms with van der Waals surface area (Å²) in [6.07, 6.45) is 0. The molecule has 3 N–H and O–H groups in total. The van der Waals surface area contributed by atoms with Crippen LogP contribution in [0.25, 0.3) is 22.0 Å². The van der Waals surface area contributed by atoms with E-state index in [1.807, 2.05) is 36.4 Å². The van der Waals surface area contributed by atoms with Crippen LogP contribution in [-0.2, 0) is 6.54 Å². The van der Waals surface area contributed by atoms with Gasteiger partial charge in [-0.25, -0.2) is 5.84 Å². The van der Waals surface area contributed by atoms with Crippen LogP contribution >= 0.6 is 0 Å². The summed E-state index contributed by atoms with van der Waals surface area (Å²) in [6.45, 7) is 0.596. The molecule has 0 aliphatic carbocycles. The maximum atomic E-state index is 12.0. The van der Waals surface area contributed by atoms with Gasteiger partial charge in [0.05, 0.1) is 0 Å². The van der Waals surface area contributed by atoms with Crippen LogP contribution in [0.3, 0.4) is 0 Å². The second-order valence-corrected chi connectivity index (χ2v) is 5.98. The first-order valence-corrected chi connectivity index (χ1v) is 7.74. The van der Waals surface area contributed by atoms with E-state index >= 15 is 0 Å². The SMILES string of the molecule is CN1Cc2cc(-c3cccc4cc(C(=O)NN)nnc34)ccc2C1=O. The molecular formula is C18H15N5O2. The van der Waals surface area contributed by atoms with Gasteiger partial charge in [-0.15, -0.1) is 10.2 Å². The van der Waals surface area contributed by atoms with Crippen LogP contribution < -0.4 is 11.3 Å². The molecule has 0 fully saturated rings. The number of nitrogens with zero attached hydrogens (tertiary/aromatic N) is 3. The molecule has 0 spiro atoms. The summed E-state index contributed by atoms with van der Waals surface area (Å²) >= 11 is 0. The van der Waals surface area contributed by atoms with Crippen molar-refractivity contribution in [2.24, 2.45) is 5.84 Å². The summed E-state index contributed by atoms with van der Waals surface area (Å²) in [7, 11) is 1.79. The average molecular weight is 333 g/mol. The first kappa shape index (κ1) is 15.2. The van der Waals surface area contributed by atoms with Crippen molar-refractivity contribution in [1.29, 1.82) is 0 Å². The van der Waals surface area contributed by atoms with Crippen molar-refractivity contribution in [3.05, 3.63) is 59.3 Å². The number of benzene rings is 2. The van der Waals surface area contributed by atoms with Gasteiger partial charge in [0.15, 0.2) is 5.69 Å². The Hall–Kier alpha value is -3.32. The zero-order chi connectivity index (χ0) is 17.6. The predicted octanol–water partition coefficient (Wildman–Crippen LogP) is 1.49. The molecule has 2 aromatic carbocycles.